The molecule has 18 heavy (non-hydrogen) atoms. The van der Waals surface area contributed by atoms with Crippen LogP contribution >= 0.6 is 28.3 Å². The third-order valence-corrected chi connectivity index (χ3v) is 3.52. The fourth-order valence-electron chi connectivity index (χ4n) is 1.96. The fourth-order valence-corrected chi connectivity index (χ4v) is 2.21. The van der Waals surface area contributed by atoms with Crippen LogP contribution in [0.4, 0.5) is 4.39 Å². The van der Waals surface area contributed by atoms with Crippen LogP contribution in [0, 0.1) is 5.82 Å². The third-order valence-electron chi connectivity index (χ3n) is 2.88. The Bertz CT molecular complexity index is 394. The van der Waals surface area contributed by atoms with Crippen molar-refractivity contribution in [2.45, 2.75) is 12.6 Å². The largest absolute Gasteiger partial charge is 0.374 e. The molecule has 0 radical (unpaired) electrons. The molecule has 0 bridgehead atoms. The number of morpholine rings is 1. The van der Waals surface area contributed by atoms with Gasteiger partial charge < -0.3 is 10.5 Å². The molecule has 1 aromatic carbocycles. The number of nitrogens with zero attached hydrogens (tertiary/aromatic N) is 1. The van der Waals surface area contributed by atoms with E-state index in [4.69, 9.17) is 10.5 Å². The lowest BCUT2D eigenvalue weighted by molar-refractivity contribution is -0.0260. The number of hydrogen-bond donors (Lipinski definition) is 1. The van der Waals surface area contributed by atoms with E-state index in [1.807, 2.05) is 6.07 Å². The number of nitrogens with two attached hydrogens (primary N) is 1. The van der Waals surface area contributed by atoms with Crippen LogP contribution in [0.2, 0.25) is 0 Å². The summed E-state index contributed by atoms with van der Waals surface area (Å²) in [6, 6.07) is 5.24. The Morgan fingerprint density at radius 1 is 1.50 bits per heavy atom. The highest BCUT2D eigenvalue weighted by atomic mass is 79.9. The van der Waals surface area contributed by atoms with Gasteiger partial charge in [0, 0.05) is 26.2 Å². The maximum Gasteiger partial charge on any atom is 0.137 e. The van der Waals surface area contributed by atoms with Crippen molar-refractivity contribution in [1.29, 1.82) is 0 Å². The zero-order valence-corrected chi connectivity index (χ0v) is 12.3. The summed E-state index contributed by atoms with van der Waals surface area (Å²) in [6.07, 6.45) is 0.101. The van der Waals surface area contributed by atoms with Crippen molar-refractivity contribution in [3.63, 3.8) is 0 Å². The summed E-state index contributed by atoms with van der Waals surface area (Å²) < 4.78 is 19.4. The molecule has 0 amide bonds. The van der Waals surface area contributed by atoms with Crippen molar-refractivity contribution in [3.05, 3.63) is 34.1 Å². The van der Waals surface area contributed by atoms with Gasteiger partial charge in [-0.2, -0.15) is 0 Å². The molecule has 0 aromatic heterocycles. The van der Waals surface area contributed by atoms with E-state index in [1.54, 1.807) is 12.1 Å². The molecule has 1 atom stereocenters. The topological polar surface area (TPSA) is 38.5 Å². The highest BCUT2D eigenvalue weighted by Crippen LogP contribution is 2.18. The van der Waals surface area contributed by atoms with Gasteiger partial charge in [0.15, 0.2) is 0 Å². The van der Waals surface area contributed by atoms with Gasteiger partial charge in [-0.3, -0.25) is 4.90 Å². The molecule has 0 aliphatic carbocycles. The predicted molar refractivity (Wildman–Crippen MR) is 75.4 cm³/mol. The third kappa shape index (κ3) is 4.17. The van der Waals surface area contributed by atoms with Crippen LogP contribution in [-0.2, 0) is 11.3 Å². The molecule has 6 heteroatoms. The van der Waals surface area contributed by atoms with Crippen LogP contribution in [0.5, 0.6) is 0 Å². The lowest BCUT2D eigenvalue weighted by atomic mass is 10.2. The second-order valence-electron chi connectivity index (χ2n) is 4.21. The van der Waals surface area contributed by atoms with Crippen LogP contribution in [-0.4, -0.2) is 37.2 Å². The fraction of sp³-hybridized carbons (Fsp3) is 0.500. The maximum absolute atomic E-state index is 13.4. The highest BCUT2D eigenvalue weighted by molar-refractivity contribution is 9.10. The van der Waals surface area contributed by atoms with Gasteiger partial charge in [-0.05, 0) is 33.6 Å². The molecule has 0 spiro atoms. The first-order chi connectivity index (χ1) is 8.19. The van der Waals surface area contributed by atoms with E-state index >= 15 is 0 Å². The molecule has 1 heterocycles. The summed E-state index contributed by atoms with van der Waals surface area (Å²) in [5.41, 5.74) is 6.56. The summed E-state index contributed by atoms with van der Waals surface area (Å²) in [4.78, 5) is 2.24. The molecule has 1 unspecified atom stereocenters. The number of hydrogen-bond acceptors (Lipinski definition) is 3. The molecule has 1 saturated heterocycles. The van der Waals surface area contributed by atoms with Crippen LogP contribution in [0.1, 0.15) is 5.56 Å². The molecular weight excluding hydrogens is 323 g/mol. The molecule has 1 aromatic rings. The first kappa shape index (κ1) is 15.9. The Morgan fingerprint density at radius 2 is 2.28 bits per heavy atom. The molecule has 1 aliphatic heterocycles. The predicted octanol–water partition coefficient (Wildman–Crippen LogP) is 2.17. The summed E-state index contributed by atoms with van der Waals surface area (Å²) in [5, 5.41) is 0. The first-order valence-corrected chi connectivity index (χ1v) is 6.46. The van der Waals surface area contributed by atoms with Crippen molar-refractivity contribution < 1.29 is 9.13 Å². The van der Waals surface area contributed by atoms with E-state index in [9.17, 15) is 4.39 Å². The minimum absolute atomic E-state index is 0. The second kappa shape index (κ2) is 7.40. The standard InChI is InChI=1S/C12H16BrFN2O.ClH/c13-11-2-1-9(5-12(11)14)7-16-3-4-17-10(6-15)8-16;/h1-2,5,10H,3-4,6-8,15H2;1H. The number of benzene rings is 1. The zero-order valence-electron chi connectivity index (χ0n) is 9.94. The lowest BCUT2D eigenvalue weighted by Gasteiger charge is -2.32. The number of ether oxygens (including phenoxy) is 1. The van der Waals surface area contributed by atoms with E-state index in [-0.39, 0.29) is 24.3 Å². The normalized spacial score (nSPS) is 20.5. The molecule has 2 N–H and O–H groups in total. The average Bonchev–Trinajstić information content (AvgIpc) is 2.34. The van der Waals surface area contributed by atoms with Crippen molar-refractivity contribution in [2.24, 2.45) is 5.73 Å². The summed E-state index contributed by atoms with van der Waals surface area (Å²) in [6.45, 7) is 3.65. The summed E-state index contributed by atoms with van der Waals surface area (Å²) in [5.74, 6) is -0.217. The lowest BCUT2D eigenvalue weighted by Crippen LogP contribution is -2.45. The number of halogens is 3. The van der Waals surface area contributed by atoms with Gasteiger partial charge >= 0.3 is 0 Å². The van der Waals surface area contributed by atoms with Gasteiger partial charge in [-0.1, -0.05) is 6.07 Å². The van der Waals surface area contributed by atoms with E-state index in [2.05, 4.69) is 20.8 Å². The van der Waals surface area contributed by atoms with Gasteiger partial charge in [0.05, 0.1) is 17.2 Å². The molecule has 1 aliphatic rings. The van der Waals surface area contributed by atoms with Crippen molar-refractivity contribution in [1.82, 2.24) is 4.90 Å². The Kier molecular flexibility index (Phi) is 6.52. The Hall–Kier alpha value is -0.200. The monoisotopic (exact) mass is 338 g/mol. The van der Waals surface area contributed by atoms with Gasteiger partial charge in [-0.25, -0.2) is 4.39 Å². The van der Waals surface area contributed by atoms with E-state index < -0.39 is 0 Å². The quantitative estimate of drug-likeness (QED) is 0.917. The molecular formula is C12H17BrClFN2O. The van der Waals surface area contributed by atoms with Crippen molar-refractivity contribution in [2.75, 3.05) is 26.2 Å². The second-order valence-corrected chi connectivity index (χ2v) is 5.07. The van der Waals surface area contributed by atoms with Gasteiger partial charge in [0.1, 0.15) is 5.82 Å². The molecule has 3 nitrogen and oxygen atoms in total. The van der Waals surface area contributed by atoms with Gasteiger partial charge in [-0.15, -0.1) is 12.4 Å². The minimum Gasteiger partial charge on any atom is -0.374 e. The Morgan fingerprint density at radius 3 is 2.94 bits per heavy atom. The van der Waals surface area contributed by atoms with E-state index in [0.29, 0.717) is 17.6 Å². The SMILES string of the molecule is Cl.NCC1CN(Cc2ccc(Br)c(F)c2)CCO1. The van der Waals surface area contributed by atoms with Crippen molar-refractivity contribution >= 4 is 28.3 Å². The molecule has 2 rings (SSSR count). The van der Waals surface area contributed by atoms with Crippen molar-refractivity contribution in [3.8, 4) is 0 Å². The smallest absolute Gasteiger partial charge is 0.137 e. The minimum atomic E-state index is -0.217. The zero-order chi connectivity index (χ0) is 12.3. The Balaban J connectivity index is 0.00000162. The van der Waals surface area contributed by atoms with Crippen LogP contribution in [0.25, 0.3) is 0 Å². The molecule has 102 valence electrons. The first-order valence-electron chi connectivity index (χ1n) is 5.67. The molecule has 1 fully saturated rings. The van der Waals surface area contributed by atoms with Crippen LogP contribution in [0.15, 0.2) is 22.7 Å². The van der Waals surface area contributed by atoms with E-state index in [1.165, 1.54) is 0 Å². The van der Waals surface area contributed by atoms with Crippen LogP contribution in [0.3, 0.4) is 0 Å². The Labute approximate surface area is 121 Å². The maximum atomic E-state index is 13.4. The van der Waals surface area contributed by atoms with Crippen LogP contribution < -0.4 is 5.73 Å². The highest BCUT2D eigenvalue weighted by Gasteiger charge is 2.19. The summed E-state index contributed by atoms with van der Waals surface area (Å²) >= 11 is 3.15. The average molecular weight is 340 g/mol. The van der Waals surface area contributed by atoms with E-state index in [0.717, 1.165) is 25.2 Å². The number of rotatable bonds is 3. The van der Waals surface area contributed by atoms with Gasteiger partial charge in [0.25, 0.3) is 0 Å². The molecule has 0 saturated carbocycles. The van der Waals surface area contributed by atoms with Gasteiger partial charge in [0.2, 0.25) is 0 Å². The summed E-state index contributed by atoms with van der Waals surface area (Å²) in [7, 11) is 0.